The lowest BCUT2D eigenvalue weighted by Gasteiger charge is -2.48. The van der Waals surface area contributed by atoms with Gasteiger partial charge in [0.2, 0.25) is 17.7 Å². The van der Waals surface area contributed by atoms with Crippen LogP contribution < -0.4 is 14.7 Å². The number of methoxy groups -OCH3 is 2. The van der Waals surface area contributed by atoms with Gasteiger partial charge in [-0.3, -0.25) is 43.2 Å². The van der Waals surface area contributed by atoms with E-state index in [2.05, 4.69) is 48.0 Å². The highest BCUT2D eigenvalue weighted by Gasteiger charge is 2.55. The van der Waals surface area contributed by atoms with E-state index in [-0.39, 0.29) is 158 Å². The Bertz CT molecular complexity index is 4770. The quantitative estimate of drug-likeness (QED) is 0.0695. The molecule has 0 radical (unpaired) electrons. The molecule has 3 aliphatic heterocycles. The minimum atomic E-state index is -0.960. The fourth-order valence-corrected chi connectivity index (χ4v) is 18.7. The van der Waals surface area contributed by atoms with Crippen LogP contribution in [-0.4, -0.2) is 144 Å². The largest absolute Gasteiger partial charge is 0.481 e. The Labute approximate surface area is 654 Å². The number of nitrogens with zero attached hydrogens (tertiary/aromatic N) is 10. The van der Waals surface area contributed by atoms with E-state index in [1.54, 1.807) is 36.9 Å². The minimum Gasteiger partial charge on any atom is -0.481 e. The monoisotopic (exact) mass is 1560 g/mol. The van der Waals surface area contributed by atoms with E-state index in [1.807, 2.05) is 163 Å². The predicted octanol–water partition coefficient (Wildman–Crippen LogP) is 15.1. The number of hydrogen-bond donors (Lipinski definition) is 1. The Morgan fingerprint density at radius 3 is 0.973 bits per heavy atom. The van der Waals surface area contributed by atoms with E-state index >= 15 is 0 Å². The van der Waals surface area contributed by atoms with Crippen molar-refractivity contribution in [2.24, 2.45) is 17.8 Å². The van der Waals surface area contributed by atoms with Gasteiger partial charge in [-0.15, -0.1) is 0 Å². The van der Waals surface area contributed by atoms with Crippen LogP contribution in [0.1, 0.15) is 201 Å². The van der Waals surface area contributed by atoms with Crippen molar-refractivity contribution in [1.82, 2.24) is 34.6 Å². The molecule has 6 amide bonds. The number of carbonyl (C=O) groups is 9. The van der Waals surface area contributed by atoms with E-state index in [0.717, 1.165) is 146 Å². The lowest BCUT2D eigenvalue weighted by Crippen LogP contribution is -2.52. The molecule has 23 heteroatoms. The van der Waals surface area contributed by atoms with E-state index in [1.165, 1.54) is 14.2 Å². The van der Waals surface area contributed by atoms with Crippen molar-refractivity contribution >= 4 is 86.3 Å². The van der Waals surface area contributed by atoms with Gasteiger partial charge >= 0.3 is 17.9 Å². The fourth-order valence-electron chi connectivity index (χ4n) is 18.4. The first kappa shape index (κ1) is 75.6. The van der Waals surface area contributed by atoms with Gasteiger partial charge in [0.1, 0.15) is 0 Å². The molecular formula is C88H91BrN10O12. The second-order valence-electron chi connectivity index (χ2n) is 30.5. The smallest absolute Gasteiger partial charge is 0.306 e. The number of halogens is 1. The Kier molecular flexibility index (Phi) is 22.8. The standard InChI is InChI=1S/C31H32N4O4.C30H30N4O4.C27H29BrN2O4/c1-39-28(37)17-16-27(36)34(22-14-15-22)29-23-6-2-3-8-25(23)35(26-9-4-7-24(26)29)31(38)21-12-10-20(11-13-21)30-32-18-5-19-33-30;35-26(15-16-27(36)37)33(21-13-14-21)28-22-5-1-2-7-24(22)34(25-8-3-6-23(25)28)30(38)20-11-9-19(10-12-20)29-31-17-4-18-32-29;1-34-25(32)16-15-24(31)29(19-13-14-19)26-20-5-2-3-7-22(20)30(23-8-4-6-21(23)26)27(33)17-9-11-18(28)12-10-17/h2-3,5-6,8,10-13,18-19,22,24,26,29H,4,7,9,14-17H2,1H3;1-2,4-5,7,9-12,17-18,21,23,25,28H,3,6,8,13-16H2,(H,36,37);2-3,5,7,9-12,19,21,23,26H,4,6,8,13-16H2,1H3. The molecule has 6 saturated carbocycles. The number of amides is 6. The molecule has 8 aromatic rings. The van der Waals surface area contributed by atoms with Crippen LogP contribution in [0.15, 0.2) is 187 Å². The second-order valence-corrected chi connectivity index (χ2v) is 31.4. The summed E-state index contributed by atoms with van der Waals surface area (Å²) in [5.41, 5.74) is 9.23. The van der Waals surface area contributed by atoms with Crippen molar-refractivity contribution in [2.75, 3.05) is 28.9 Å². The minimum absolute atomic E-state index is 0.00199. The van der Waals surface area contributed by atoms with Crippen LogP contribution in [0.2, 0.25) is 0 Å². The molecule has 111 heavy (non-hydrogen) atoms. The van der Waals surface area contributed by atoms with Gasteiger partial charge in [0.15, 0.2) is 11.6 Å². The van der Waals surface area contributed by atoms with Gasteiger partial charge in [0.05, 0.1) is 51.6 Å². The Balaban J connectivity index is 0.000000132. The molecule has 2 aromatic heterocycles. The zero-order valence-corrected chi connectivity index (χ0v) is 64.0. The second kappa shape index (κ2) is 33.4. The number of carbonyl (C=O) groups excluding carboxylic acids is 8. The number of aromatic nitrogens is 4. The molecule has 1 N–H and O–H groups in total. The van der Waals surface area contributed by atoms with Crippen molar-refractivity contribution < 1.29 is 57.7 Å². The SMILES string of the molecule is COC(=O)CCC(=O)N(C1CC1)C1c2ccccc2N(C(=O)c2ccc(-c3ncccn3)cc2)C2CCCC21.COC(=O)CCC(=O)N(C1CC1)C1c2ccccc2N(C(=O)c2ccc(Br)cc2)C2CCCC21.O=C(O)CCC(=O)N(C1CC1)C1c2ccccc2N(C(=O)c2ccc(-c3ncccn3)cc2)C2CCCC21. The van der Waals surface area contributed by atoms with Gasteiger partial charge in [-0.25, -0.2) is 19.9 Å². The third kappa shape index (κ3) is 16.0. The summed E-state index contributed by atoms with van der Waals surface area (Å²) in [6.45, 7) is 0. The zero-order valence-electron chi connectivity index (χ0n) is 62.4. The number of ether oxygens (including phenoxy) is 2. The van der Waals surface area contributed by atoms with E-state index in [9.17, 15) is 48.3 Å². The molecule has 0 saturated heterocycles. The molecule has 9 aliphatic rings. The van der Waals surface area contributed by atoms with Crippen molar-refractivity contribution in [3.05, 3.63) is 220 Å². The van der Waals surface area contributed by atoms with E-state index in [0.29, 0.717) is 28.3 Å². The third-order valence-corrected chi connectivity index (χ3v) is 24.2. The lowest BCUT2D eigenvalue weighted by atomic mass is 9.81. The third-order valence-electron chi connectivity index (χ3n) is 23.7. The number of hydrogen-bond acceptors (Lipinski definition) is 15. The number of esters is 2. The number of para-hydroxylation sites is 3. The highest BCUT2D eigenvalue weighted by atomic mass is 79.9. The van der Waals surface area contributed by atoms with Crippen LogP contribution >= 0.6 is 15.9 Å². The molecule has 5 heterocycles. The summed E-state index contributed by atoms with van der Waals surface area (Å²) < 4.78 is 10.5. The van der Waals surface area contributed by atoms with Crippen LogP contribution in [0.5, 0.6) is 0 Å². The number of carboxylic acids is 1. The number of aliphatic carboxylic acids is 1. The molecule has 6 aliphatic carbocycles. The number of fused-ring (bicyclic) bond motifs is 6. The number of benzene rings is 6. The topological polar surface area (TPSA) is 263 Å². The average Bonchev–Trinajstić information content (AvgIpc) is 1.65. The van der Waals surface area contributed by atoms with E-state index < -0.39 is 5.97 Å². The average molecular weight is 1560 g/mol. The molecule has 6 fully saturated rings. The van der Waals surface area contributed by atoms with Gasteiger partial charge < -0.3 is 44.0 Å². The molecule has 9 atom stereocenters. The molecule has 17 rings (SSSR count). The Morgan fingerprint density at radius 2 is 0.676 bits per heavy atom. The van der Waals surface area contributed by atoms with Crippen molar-refractivity contribution in [2.45, 2.75) is 189 Å². The van der Waals surface area contributed by atoms with Crippen LogP contribution in [0.25, 0.3) is 22.8 Å². The first-order chi connectivity index (χ1) is 54.1. The predicted molar refractivity (Wildman–Crippen MR) is 419 cm³/mol. The molecule has 22 nitrogen and oxygen atoms in total. The summed E-state index contributed by atoms with van der Waals surface area (Å²) in [6.07, 6.45) is 21.4. The van der Waals surface area contributed by atoms with Gasteiger partial charge in [-0.05, 0) is 173 Å². The van der Waals surface area contributed by atoms with Crippen LogP contribution in [-0.2, 0) is 38.2 Å². The number of anilines is 3. The zero-order chi connectivity index (χ0) is 77.0. The highest BCUT2D eigenvalue weighted by molar-refractivity contribution is 9.10. The highest BCUT2D eigenvalue weighted by Crippen LogP contribution is 2.57. The van der Waals surface area contributed by atoms with Crippen LogP contribution in [0.3, 0.4) is 0 Å². The maximum absolute atomic E-state index is 14.1. The molecule has 9 unspecified atom stereocenters. The molecule has 572 valence electrons. The van der Waals surface area contributed by atoms with Gasteiger partial charge in [0, 0.05) is 147 Å². The van der Waals surface area contributed by atoms with Crippen LogP contribution in [0.4, 0.5) is 17.1 Å². The van der Waals surface area contributed by atoms with E-state index in [4.69, 9.17) is 9.47 Å². The molecule has 6 aromatic carbocycles. The Hall–Kier alpha value is -10.8. The summed E-state index contributed by atoms with van der Waals surface area (Å²) in [6, 6.07) is 50.2. The lowest BCUT2D eigenvalue weighted by molar-refractivity contribution is -0.145. The summed E-state index contributed by atoms with van der Waals surface area (Å²) in [7, 11) is 2.70. The summed E-state index contributed by atoms with van der Waals surface area (Å²) in [4.78, 5) is 146. The van der Waals surface area contributed by atoms with Crippen molar-refractivity contribution in [3.63, 3.8) is 0 Å². The normalized spacial score (nSPS) is 22.2. The van der Waals surface area contributed by atoms with Crippen molar-refractivity contribution in [1.29, 1.82) is 0 Å². The molecule has 0 spiro atoms. The van der Waals surface area contributed by atoms with Gasteiger partial charge in [-0.1, -0.05) is 114 Å². The number of carboxylic acid groups (broad SMARTS) is 1. The molecular weight excluding hydrogens is 1470 g/mol. The van der Waals surface area contributed by atoms with Gasteiger partial charge in [0.25, 0.3) is 17.7 Å². The first-order valence-corrected chi connectivity index (χ1v) is 39.9. The maximum Gasteiger partial charge on any atom is 0.306 e. The molecule has 0 bridgehead atoms. The maximum atomic E-state index is 14.1. The summed E-state index contributed by atoms with van der Waals surface area (Å²) >= 11 is 3.45. The van der Waals surface area contributed by atoms with Gasteiger partial charge in [-0.2, -0.15) is 0 Å². The summed E-state index contributed by atoms with van der Waals surface area (Å²) in [5.74, 6) is -0.212. The van der Waals surface area contributed by atoms with Crippen molar-refractivity contribution in [3.8, 4) is 22.8 Å². The fraction of sp³-hybridized carbons (Fsp3) is 0.398. The Morgan fingerprint density at radius 1 is 0.378 bits per heavy atom. The number of rotatable bonds is 20. The van der Waals surface area contributed by atoms with Crippen LogP contribution in [0, 0.1) is 17.8 Å². The first-order valence-electron chi connectivity index (χ1n) is 39.2. The summed E-state index contributed by atoms with van der Waals surface area (Å²) in [5, 5.41) is 9.18.